The number of amides is 1. The van der Waals surface area contributed by atoms with Crippen LogP contribution in [0.15, 0.2) is 0 Å². The fourth-order valence-electron chi connectivity index (χ4n) is 2.65. The molecular weight excluding hydrogens is 200 g/mol. The molecule has 3 nitrogen and oxygen atoms in total. The van der Waals surface area contributed by atoms with E-state index in [2.05, 4.69) is 10.2 Å². The van der Waals surface area contributed by atoms with Crippen LogP contribution in [-0.4, -0.2) is 37.5 Å². The Morgan fingerprint density at radius 1 is 1.31 bits per heavy atom. The Bertz CT molecular complexity index is 234. The maximum absolute atomic E-state index is 12.0. The Morgan fingerprint density at radius 3 is 2.31 bits per heavy atom. The van der Waals surface area contributed by atoms with Crippen molar-refractivity contribution in [2.45, 2.75) is 44.6 Å². The first-order valence-electron chi connectivity index (χ1n) is 6.64. The van der Waals surface area contributed by atoms with Crippen LogP contribution in [-0.2, 0) is 4.79 Å². The van der Waals surface area contributed by atoms with E-state index in [0.29, 0.717) is 18.4 Å². The summed E-state index contributed by atoms with van der Waals surface area (Å²) < 4.78 is 0. The summed E-state index contributed by atoms with van der Waals surface area (Å²) in [4.78, 5) is 14.1. The summed E-state index contributed by atoms with van der Waals surface area (Å²) >= 11 is 0. The van der Waals surface area contributed by atoms with E-state index in [0.717, 1.165) is 24.8 Å². The van der Waals surface area contributed by atoms with E-state index in [1.807, 2.05) is 14.1 Å². The lowest BCUT2D eigenvalue weighted by Crippen LogP contribution is -2.40. The molecule has 0 heterocycles. The molecule has 0 aliphatic heterocycles. The van der Waals surface area contributed by atoms with Crippen molar-refractivity contribution in [2.24, 2.45) is 11.8 Å². The van der Waals surface area contributed by atoms with Gasteiger partial charge in [0, 0.05) is 19.5 Å². The van der Waals surface area contributed by atoms with E-state index in [4.69, 9.17) is 0 Å². The number of carbonyl (C=O) groups excluding carboxylic acids is 1. The lowest BCUT2D eigenvalue weighted by atomic mass is 10.1. The highest BCUT2D eigenvalue weighted by molar-refractivity contribution is 5.76. The van der Waals surface area contributed by atoms with Gasteiger partial charge in [-0.15, -0.1) is 0 Å². The van der Waals surface area contributed by atoms with E-state index >= 15 is 0 Å². The highest BCUT2D eigenvalue weighted by atomic mass is 16.2. The zero-order chi connectivity index (χ0) is 11.5. The molecule has 16 heavy (non-hydrogen) atoms. The van der Waals surface area contributed by atoms with Gasteiger partial charge in [0.25, 0.3) is 0 Å². The molecule has 0 saturated heterocycles. The van der Waals surface area contributed by atoms with E-state index in [1.165, 1.54) is 25.7 Å². The number of hydrogen-bond donors (Lipinski definition) is 1. The van der Waals surface area contributed by atoms with Crippen molar-refractivity contribution in [3.63, 3.8) is 0 Å². The van der Waals surface area contributed by atoms with Gasteiger partial charge in [0.1, 0.15) is 0 Å². The molecule has 2 saturated carbocycles. The second-order valence-corrected chi connectivity index (χ2v) is 5.38. The van der Waals surface area contributed by atoms with Crippen LogP contribution in [0.5, 0.6) is 0 Å². The quantitative estimate of drug-likeness (QED) is 0.667. The fraction of sp³-hybridized carbons (Fsp3) is 0.923. The standard InChI is InChI=1S/C13H24N2O/c1-14-9-3-4-12(16)15(2)13(10-5-6-10)11-7-8-11/h10-11,13-14H,3-9H2,1-2H3. The summed E-state index contributed by atoms with van der Waals surface area (Å²) in [6.07, 6.45) is 7.03. The molecule has 0 radical (unpaired) electrons. The number of carbonyl (C=O) groups is 1. The number of nitrogens with zero attached hydrogens (tertiary/aromatic N) is 1. The summed E-state index contributed by atoms with van der Waals surface area (Å²) in [7, 11) is 3.95. The van der Waals surface area contributed by atoms with Gasteiger partial charge in [-0.1, -0.05) is 0 Å². The first kappa shape index (κ1) is 11.9. The monoisotopic (exact) mass is 224 g/mol. The number of nitrogens with one attached hydrogen (secondary N) is 1. The Balaban J connectivity index is 1.79. The van der Waals surface area contributed by atoms with Crippen molar-refractivity contribution in [1.29, 1.82) is 0 Å². The third kappa shape index (κ3) is 2.97. The van der Waals surface area contributed by atoms with Crippen molar-refractivity contribution >= 4 is 5.91 Å². The van der Waals surface area contributed by atoms with Gasteiger partial charge < -0.3 is 10.2 Å². The second kappa shape index (κ2) is 5.17. The maximum Gasteiger partial charge on any atom is 0.222 e. The van der Waals surface area contributed by atoms with Gasteiger partial charge in [0.05, 0.1) is 0 Å². The molecule has 2 aliphatic carbocycles. The first-order chi connectivity index (χ1) is 7.74. The summed E-state index contributed by atoms with van der Waals surface area (Å²) in [6.45, 7) is 0.942. The smallest absolute Gasteiger partial charge is 0.222 e. The molecule has 0 aromatic rings. The Hall–Kier alpha value is -0.570. The van der Waals surface area contributed by atoms with Crippen molar-refractivity contribution in [2.75, 3.05) is 20.6 Å². The van der Waals surface area contributed by atoms with Gasteiger partial charge >= 0.3 is 0 Å². The molecule has 92 valence electrons. The molecule has 0 bridgehead atoms. The third-order valence-electron chi connectivity index (χ3n) is 3.87. The number of hydrogen-bond acceptors (Lipinski definition) is 2. The minimum absolute atomic E-state index is 0.346. The van der Waals surface area contributed by atoms with Crippen molar-refractivity contribution in [3.05, 3.63) is 0 Å². The summed E-state index contributed by atoms with van der Waals surface area (Å²) in [6, 6.07) is 0.571. The van der Waals surface area contributed by atoms with Crippen LogP contribution in [0.3, 0.4) is 0 Å². The number of rotatable bonds is 7. The van der Waals surface area contributed by atoms with E-state index in [9.17, 15) is 4.79 Å². The molecule has 0 atom stereocenters. The lowest BCUT2D eigenvalue weighted by molar-refractivity contribution is -0.132. The Morgan fingerprint density at radius 2 is 1.88 bits per heavy atom. The zero-order valence-corrected chi connectivity index (χ0v) is 10.5. The molecule has 0 unspecified atom stereocenters. The molecule has 2 rings (SSSR count). The summed E-state index contributed by atoms with van der Waals surface area (Å²) in [5.74, 6) is 2.00. The van der Waals surface area contributed by atoms with Crippen LogP contribution in [0, 0.1) is 11.8 Å². The molecule has 1 N–H and O–H groups in total. The summed E-state index contributed by atoms with van der Waals surface area (Å²) in [5, 5.41) is 3.09. The average molecular weight is 224 g/mol. The zero-order valence-electron chi connectivity index (χ0n) is 10.5. The molecule has 2 aliphatic rings. The fourth-order valence-corrected chi connectivity index (χ4v) is 2.65. The van der Waals surface area contributed by atoms with E-state index in [1.54, 1.807) is 0 Å². The molecule has 3 heteroatoms. The van der Waals surface area contributed by atoms with Gasteiger partial charge in [-0.25, -0.2) is 0 Å². The Labute approximate surface area is 98.6 Å². The van der Waals surface area contributed by atoms with Crippen LogP contribution < -0.4 is 5.32 Å². The highest BCUT2D eigenvalue weighted by Gasteiger charge is 2.44. The maximum atomic E-state index is 12.0. The second-order valence-electron chi connectivity index (χ2n) is 5.38. The van der Waals surface area contributed by atoms with Gasteiger partial charge in [0.2, 0.25) is 5.91 Å². The van der Waals surface area contributed by atoms with Crippen LogP contribution in [0.2, 0.25) is 0 Å². The minimum Gasteiger partial charge on any atom is -0.342 e. The van der Waals surface area contributed by atoms with Crippen molar-refractivity contribution in [1.82, 2.24) is 10.2 Å². The molecule has 2 fully saturated rings. The molecule has 1 amide bonds. The topological polar surface area (TPSA) is 32.3 Å². The van der Waals surface area contributed by atoms with Crippen LogP contribution in [0.4, 0.5) is 0 Å². The highest BCUT2D eigenvalue weighted by Crippen LogP contribution is 2.46. The summed E-state index contributed by atoms with van der Waals surface area (Å²) in [5.41, 5.74) is 0. The van der Waals surface area contributed by atoms with Crippen molar-refractivity contribution in [3.8, 4) is 0 Å². The predicted octanol–water partition coefficient (Wildman–Crippen LogP) is 1.63. The van der Waals surface area contributed by atoms with Crippen molar-refractivity contribution < 1.29 is 4.79 Å². The Kier molecular flexibility index (Phi) is 3.85. The first-order valence-corrected chi connectivity index (χ1v) is 6.64. The van der Waals surface area contributed by atoms with Gasteiger partial charge in [-0.05, 0) is 57.5 Å². The minimum atomic E-state index is 0.346. The van der Waals surface area contributed by atoms with Gasteiger partial charge in [-0.2, -0.15) is 0 Å². The molecular formula is C13H24N2O. The normalized spacial score (nSPS) is 20.2. The van der Waals surface area contributed by atoms with Crippen LogP contribution >= 0.6 is 0 Å². The largest absolute Gasteiger partial charge is 0.342 e. The molecule has 0 aromatic heterocycles. The lowest BCUT2D eigenvalue weighted by Gasteiger charge is -2.28. The van der Waals surface area contributed by atoms with Gasteiger partial charge in [0.15, 0.2) is 0 Å². The van der Waals surface area contributed by atoms with Crippen LogP contribution in [0.25, 0.3) is 0 Å². The van der Waals surface area contributed by atoms with Gasteiger partial charge in [-0.3, -0.25) is 4.79 Å². The van der Waals surface area contributed by atoms with Crippen LogP contribution in [0.1, 0.15) is 38.5 Å². The van der Waals surface area contributed by atoms with E-state index in [-0.39, 0.29) is 0 Å². The predicted molar refractivity (Wildman–Crippen MR) is 65.2 cm³/mol. The molecule has 0 spiro atoms. The van der Waals surface area contributed by atoms with E-state index < -0.39 is 0 Å². The SMILES string of the molecule is CNCCCC(=O)N(C)C(C1CC1)C1CC1. The third-order valence-corrected chi connectivity index (χ3v) is 3.87. The molecule has 0 aromatic carbocycles. The average Bonchev–Trinajstić information content (AvgIpc) is 3.12.